The number of hydrogen-bond donors (Lipinski definition) is 1. The number of rotatable bonds is 3. The monoisotopic (exact) mass is 330 g/mol. The van der Waals surface area contributed by atoms with E-state index in [4.69, 9.17) is 9.15 Å². The van der Waals surface area contributed by atoms with Crippen molar-refractivity contribution in [2.75, 3.05) is 19.6 Å². The summed E-state index contributed by atoms with van der Waals surface area (Å²) < 4.78 is 24.0. The molecule has 1 atom stereocenters. The molecule has 1 N–H and O–H groups in total. The van der Waals surface area contributed by atoms with Crippen LogP contribution < -0.4 is 10.1 Å². The number of amides is 1. The van der Waals surface area contributed by atoms with E-state index in [1.54, 1.807) is 24.3 Å². The molecule has 1 aromatic heterocycles. The molecule has 3 fully saturated rings. The standard InChI is InChI=1S/C18H19FN2O3/c19-14-3-1-2-13(10-14)16-4-5-17(23-16)24-18(22)20-15-11-21-8-6-12(15)7-9-21/h1-5,10,12,15H,6-9,11H2,(H,20,22)/t15-/m0/s1. The molecule has 0 saturated carbocycles. The lowest BCUT2D eigenvalue weighted by Crippen LogP contribution is -2.57. The maximum atomic E-state index is 13.3. The van der Waals surface area contributed by atoms with Crippen LogP contribution >= 0.6 is 0 Å². The number of ether oxygens (including phenoxy) is 1. The Kier molecular flexibility index (Phi) is 3.98. The third-order valence-electron chi connectivity index (χ3n) is 4.84. The summed E-state index contributed by atoms with van der Waals surface area (Å²) in [4.78, 5) is 14.4. The topological polar surface area (TPSA) is 54.7 Å². The molecule has 0 spiro atoms. The molecular formula is C18H19FN2O3. The molecule has 3 aliphatic rings. The summed E-state index contributed by atoms with van der Waals surface area (Å²) in [6, 6.07) is 9.44. The summed E-state index contributed by atoms with van der Waals surface area (Å²) in [5.74, 6) is 0.752. The van der Waals surface area contributed by atoms with Crippen molar-refractivity contribution in [1.29, 1.82) is 0 Å². The van der Waals surface area contributed by atoms with Crippen LogP contribution in [0.2, 0.25) is 0 Å². The lowest BCUT2D eigenvalue weighted by atomic mass is 9.84. The second-order valence-corrected chi connectivity index (χ2v) is 6.41. The van der Waals surface area contributed by atoms with Gasteiger partial charge in [0, 0.05) is 24.2 Å². The average molecular weight is 330 g/mol. The first kappa shape index (κ1) is 15.2. The van der Waals surface area contributed by atoms with Crippen LogP contribution in [0.4, 0.5) is 9.18 Å². The highest BCUT2D eigenvalue weighted by Gasteiger charge is 2.35. The molecule has 1 aromatic carbocycles. The predicted octanol–water partition coefficient (Wildman–Crippen LogP) is 3.27. The lowest BCUT2D eigenvalue weighted by Gasteiger charge is -2.44. The van der Waals surface area contributed by atoms with E-state index < -0.39 is 6.09 Å². The Morgan fingerprint density at radius 2 is 2.08 bits per heavy atom. The molecule has 4 heterocycles. The predicted molar refractivity (Wildman–Crippen MR) is 86.2 cm³/mol. The van der Waals surface area contributed by atoms with Crippen LogP contribution in [0.5, 0.6) is 5.95 Å². The molecule has 3 aliphatic heterocycles. The highest BCUT2D eigenvalue weighted by Crippen LogP contribution is 2.29. The van der Waals surface area contributed by atoms with Gasteiger partial charge in [0.1, 0.15) is 11.6 Å². The minimum absolute atomic E-state index is 0.105. The molecular weight excluding hydrogens is 311 g/mol. The quantitative estimate of drug-likeness (QED) is 0.938. The number of nitrogens with zero attached hydrogens (tertiary/aromatic N) is 1. The lowest BCUT2D eigenvalue weighted by molar-refractivity contribution is 0.0715. The van der Waals surface area contributed by atoms with Crippen molar-refractivity contribution in [3.8, 4) is 17.3 Å². The van der Waals surface area contributed by atoms with Gasteiger partial charge >= 0.3 is 6.09 Å². The number of fused-ring (bicyclic) bond motifs is 3. The number of piperidine rings is 3. The highest BCUT2D eigenvalue weighted by atomic mass is 19.1. The van der Waals surface area contributed by atoms with Crippen LogP contribution in [0.25, 0.3) is 11.3 Å². The SMILES string of the molecule is O=C(N[C@H]1CN2CCC1CC2)Oc1ccc(-c2cccc(F)c2)o1. The molecule has 0 unspecified atom stereocenters. The second-order valence-electron chi connectivity index (χ2n) is 6.41. The van der Waals surface area contributed by atoms with E-state index in [9.17, 15) is 9.18 Å². The maximum Gasteiger partial charge on any atom is 0.415 e. The Morgan fingerprint density at radius 1 is 1.25 bits per heavy atom. The van der Waals surface area contributed by atoms with Gasteiger partial charge in [0.05, 0.1) is 0 Å². The maximum absolute atomic E-state index is 13.3. The first-order valence-electron chi connectivity index (χ1n) is 8.24. The first-order chi connectivity index (χ1) is 11.7. The molecule has 6 heteroatoms. The zero-order chi connectivity index (χ0) is 16.5. The summed E-state index contributed by atoms with van der Waals surface area (Å²) in [5, 5.41) is 2.93. The Labute approximate surface area is 139 Å². The van der Waals surface area contributed by atoms with E-state index in [2.05, 4.69) is 10.2 Å². The first-order valence-corrected chi connectivity index (χ1v) is 8.24. The van der Waals surface area contributed by atoms with Gasteiger partial charge in [-0.05, 0) is 50.0 Å². The van der Waals surface area contributed by atoms with E-state index >= 15 is 0 Å². The molecule has 24 heavy (non-hydrogen) atoms. The Hall–Kier alpha value is -2.34. The van der Waals surface area contributed by atoms with Crippen molar-refractivity contribution >= 4 is 6.09 Å². The van der Waals surface area contributed by atoms with Crippen molar-refractivity contribution in [3.05, 3.63) is 42.2 Å². The molecule has 1 amide bonds. The van der Waals surface area contributed by atoms with Crippen LogP contribution in [-0.4, -0.2) is 36.7 Å². The zero-order valence-electron chi connectivity index (χ0n) is 13.2. The number of carbonyl (C=O) groups is 1. The molecule has 5 nitrogen and oxygen atoms in total. The summed E-state index contributed by atoms with van der Waals surface area (Å²) in [5.41, 5.74) is 0.600. The molecule has 5 rings (SSSR count). The molecule has 2 bridgehead atoms. The smallest absolute Gasteiger partial charge is 0.415 e. The summed E-state index contributed by atoms with van der Waals surface area (Å²) in [6.07, 6.45) is 1.74. The van der Waals surface area contributed by atoms with Crippen LogP contribution in [0.15, 0.2) is 40.8 Å². The number of nitrogens with one attached hydrogen (secondary N) is 1. The summed E-state index contributed by atoms with van der Waals surface area (Å²) in [6.45, 7) is 3.12. The second kappa shape index (κ2) is 6.28. The zero-order valence-corrected chi connectivity index (χ0v) is 13.2. The van der Waals surface area contributed by atoms with Crippen LogP contribution in [0.1, 0.15) is 12.8 Å². The van der Waals surface area contributed by atoms with Crippen molar-refractivity contribution in [2.24, 2.45) is 5.92 Å². The van der Waals surface area contributed by atoms with Crippen molar-refractivity contribution < 1.29 is 18.3 Å². The van der Waals surface area contributed by atoms with Gasteiger partial charge in [-0.25, -0.2) is 9.18 Å². The highest BCUT2D eigenvalue weighted by molar-refractivity contribution is 5.70. The fourth-order valence-electron chi connectivity index (χ4n) is 3.57. The van der Waals surface area contributed by atoms with Gasteiger partial charge < -0.3 is 19.4 Å². The van der Waals surface area contributed by atoms with Crippen LogP contribution in [-0.2, 0) is 0 Å². The van der Waals surface area contributed by atoms with E-state index in [-0.39, 0.29) is 17.8 Å². The Bertz CT molecular complexity index is 737. The van der Waals surface area contributed by atoms with Gasteiger partial charge in [-0.2, -0.15) is 0 Å². The normalized spacial score (nSPS) is 25.5. The minimum atomic E-state index is -0.506. The molecule has 3 saturated heterocycles. The number of furan rings is 1. The molecule has 0 radical (unpaired) electrons. The van der Waals surface area contributed by atoms with Crippen LogP contribution in [0, 0.1) is 11.7 Å². The van der Waals surface area contributed by atoms with Gasteiger partial charge in [0.2, 0.25) is 0 Å². The van der Waals surface area contributed by atoms with Crippen LogP contribution in [0.3, 0.4) is 0 Å². The fourth-order valence-corrected chi connectivity index (χ4v) is 3.57. The number of halogens is 1. The van der Waals surface area contributed by atoms with Crippen molar-refractivity contribution in [1.82, 2.24) is 10.2 Å². The van der Waals surface area contributed by atoms with E-state index in [1.165, 1.54) is 12.1 Å². The van der Waals surface area contributed by atoms with Gasteiger partial charge in [0.15, 0.2) is 0 Å². The third-order valence-corrected chi connectivity index (χ3v) is 4.84. The summed E-state index contributed by atoms with van der Waals surface area (Å²) in [7, 11) is 0. The van der Waals surface area contributed by atoms with Gasteiger partial charge in [-0.15, -0.1) is 0 Å². The third kappa shape index (κ3) is 3.14. The summed E-state index contributed by atoms with van der Waals surface area (Å²) >= 11 is 0. The molecule has 0 aliphatic carbocycles. The van der Waals surface area contributed by atoms with Gasteiger partial charge in [0.25, 0.3) is 5.95 Å². The fraction of sp³-hybridized carbons (Fsp3) is 0.389. The largest absolute Gasteiger partial charge is 0.425 e. The number of hydrogen-bond acceptors (Lipinski definition) is 4. The molecule has 2 aromatic rings. The van der Waals surface area contributed by atoms with Crippen molar-refractivity contribution in [3.63, 3.8) is 0 Å². The van der Waals surface area contributed by atoms with Gasteiger partial charge in [-0.3, -0.25) is 0 Å². The molecule has 126 valence electrons. The Morgan fingerprint density at radius 3 is 2.79 bits per heavy atom. The minimum Gasteiger partial charge on any atom is -0.425 e. The van der Waals surface area contributed by atoms with Gasteiger partial charge in [-0.1, -0.05) is 12.1 Å². The average Bonchev–Trinajstić information content (AvgIpc) is 3.04. The number of benzene rings is 1. The Balaban J connectivity index is 1.38. The van der Waals surface area contributed by atoms with Crippen molar-refractivity contribution in [2.45, 2.75) is 18.9 Å². The van der Waals surface area contributed by atoms with E-state index in [1.807, 2.05) is 0 Å². The number of carbonyl (C=O) groups excluding carboxylic acids is 1. The van der Waals surface area contributed by atoms with E-state index in [0.29, 0.717) is 17.2 Å². The van der Waals surface area contributed by atoms with E-state index in [0.717, 1.165) is 32.5 Å².